The third kappa shape index (κ3) is 2.11. The fourth-order valence-corrected chi connectivity index (χ4v) is 3.47. The Balaban J connectivity index is 1.81. The summed E-state index contributed by atoms with van der Waals surface area (Å²) in [6, 6.07) is 2.26. The van der Waals surface area contributed by atoms with E-state index in [-0.39, 0.29) is 43.0 Å². The molecule has 9 nitrogen and oxygen atoms in total. The summed E-state index contributed by atoms with van der Waals surface area (Å²) in [7, 11) is 1.26. The minimum absolute atomic E-state index is 0.0348. The van der Waals surface area contributed by atoms with Crippen LogP contribution in [0.25, 0.3) is 0 Å². The summed E-state index contributed by atoms with van der Waals surface area (Å²) >= 11 is 0. The minimum Gasteiger partial charge on any atom is -0.464 e. The number of hydrogen-bond donors (Lipinski definition) is 0. The first-order valence-corrected chi connectivity index (χ1v) is 7.65. The lowest BCUT2D eigenvalue weighted by molar-refractivity contribution is -0.195. The maximum Gasteiger partial charge on any atom is 0.358 e. The third-order valence-electron chi connectivity index (χ3n) is 4.36. The number of methoxy groups -OCH3 is 1. The normalized spacial score (nSPS) is 32.2. The molecule has 2 saturated heterocycles. The Hall–Kier alpha value is -2.15. The Labute approximate surface area is 138 Å². The van der Waals surface area contributed by atoms with Crippen LogP contribution in [0, 0.1) is 11.3 Å². The molecule has 1 aromatic rings. The predicted molar refractivity (Wildman–Crippen MR) is 76.1 cm³/mol. The van der Waals surface area contributed by atoms with E-state index in [9.17, 15) is 4.79 Å². The van der Waals surface area contributed by atoms with Crippen molar-refractivity contribution < 1.29 is 28.5 Å². The van der Waals surface area contributed by atoms with Gasteiger partial charge in [-0.05, 0) is 13.8 Å². The van der Waals surface area contributed by atoms with Crippen molar-refractivity contribution >= 4 is 5.97 Å². The second-order valence-corrected chi connectivity index (χ2v) is 6.33. The Kier molecular flexibility index (Phi) is 3.32. The fourth-order valence-electron chi connectivity index (χ4n) is 3.47. The molecule has 9 heteroatoms. The van der Waals surface area contributed by atoms with Crippen LogP contribution in [0.1, 0.15) is 36.3 Å². The topological polar surface area (TPSA) is 105 Å². The number of imidazole rings is 1. The molecule has 0 saturated carbocycles. The monoisotopic (exact) mass is 335 g/mol. The van der Waals surface area contributed by atoms with E-state index < -0.39 is 18.0 Å². The fraction of sp³-hybridized carbons (Fsp3) is 0.667. The van der Waals surface area contributed by atoms with Gasteiger partial charge in [-0.25, -0.2) is 4.79 Å². The minimum atomic E-state index is -0.735. The Bertz CT molecular complexity index is 736. The van der Waals surface area contributed by atoms with E-state index in [1.807, 2.05) is 19.9 Å². The van der Waals surface area contributed by atoms with Crippen LogP contribution in [0.5, 0.6) is 6.01 Å². The molecule has 24 heavy (non-hydrogen) atoms. The van der Waals surface area contributed by atoms with E-state index in [0.29, 0.717) is 5.69 Å². The lowest BCUT2D eigenvalue weighted by Gasteiger charge is -2.23. The van der Waals surface area contributed by atoms with Gasteiger partial charge in [0.1, 0.15) is 24.9 Å². The molecule has 4 atom stereocenters. The summed E-state index contributed by atoms with van der Waals surface area (Å²) in [6.07, 6.45) is -1.57. The first-order valence-electron chi connectivity index (χ1n) is 7.65. The van der Waals surface area contributed by atoms with Gasteiger partial charge in [0.25, 0.3) is 6.01 Å². The van der Waals surface area contributed by atoms with Gasteiger partial charge in [0, 0.05) is 0 Å². The van der Waals surface area contributed by atoms with Crippen LogP contribution in [0.3, 0.4) is 0 Å². The number of carbonyl (C=O) groups excluding carboxylic acids is 1. The zero-order valence-corrected chi connectivity index (χ0v) is 13.5. The highest BCUT2D eigenvalue weighted by molar-refractivity contribution is 5.89. The molecule has 0 aliphatic carbocycles. The molecule has 0 amide bonds. The number of ether oxygens (including phenoxy) is 5. The van der Waals surface area contributed by atoms with Crippen molar-refractivity contribution in [3.8, 4) is 12.1 Å². The van der Waals surface area contributed by atoms with Crippen LogP contribution in [-0.2, 0) is 25.4 Å². The number of fused-ring (bicyclic) bond motifs is 7. The van der Waals surface area contributed by atoms with Gasteiger partial charge in [-0.3, -0.25) is 4.57 Å². The lowest BCUT2D eigenvalue weighted by atomic mass is 10.1. The second kappa shape index (κ2) is 5.17. The van der Waals surface area contributed by atoms with E-state index >= 15 is 0 Å². The summed E-state index contributed by atoms with van der Waals surface area (Å²) < 4.78 is 30.0. The summed E-state index contributed by atoms with van der Waals surface area (Å²) in [5.74, 6) is -1.36. The Morgan fingerprint density at radius 2 is 2.21 bits per heavy atom. The van der Waals surface area contributed by atoms with E-state index in [2.05, 4.69) is 4.98 Å². The molecule has 0 unspecified atom stereocenters. The van der Waals surface area contributed by atoms with Crippen molar-refractivity contribution in [1.29, 1.82) is 5.26 Å². The van der Waals surface area contributed by atoms with Gasteiger partial charge in [-0.2, -0.15) is 10.2 Å². The average molecular weight is 335 g/mol. The van der Waals surface area contributed by atoms with Gasteiger partial charge in [0.2, 0.25) is 0 Å². The summed E-state index contributed by atoms with van der Waals surface area (Å²) in [5.41, 5.74) is 0.441. The number of carbonyl (C=O) groups is 1. The summed E-state index contributed by atoms with van der Waals surface area (Å²) in [6.45, 7) is 3.90. The lowest BCUT2D eigenvalue weighted by Crippen LogP contribution is -2.35. The highest BCUT2D eigenvalue weighted by Gasteiger charge is 2.58. The van der Waals surface area contributed by atoms with Crippen molar-refractivity contribution in [3.63, 3.8) is 0 Å². The van der Waals surface area contributed by atoms with Crippen LogP contribution in [0.2, 0.25) is 0 Å². The zero-order chi connectivity index (χ0) is 17.1. The van der Waals surface area contributed by atoms with Crippen molar-refractivity contribution in [2.45, 2.75) is 50.6 Å². The molecule has 0 spiro atoms. The highest BCUT2D eigenvalue weighted by Crippen LogP contribution is 2.46. The molecular formula is C15H17N3O6. The van der Waals surface area contributed by atoms with E-state index in [4.69, 9.17) is 28.9 Å². The van der Waals surface area contributed by atoms with E-state index in [1.54, 1.807) is 4.57 Å². The van der Waals surface area contributed by atoms with E-state index in [0.717, 1.165) is 0 Å². The standard InChI is InChI=1S/C15H17N3O6/c1-15(2)23-10-8-6-21-14-17-9(13(19)20-3)7(4-5-16)18(14)12(22-8)11(10)24-15/h8,10-12H,4,6H2,1-3H3/t8-,10-,11-,12-/m1/s1. The smallest absolute Gasteiger partial charge is 0.358 e. The highest BCUT2D eigenvalue weighted by atomic mass is 16.8. The molecule has 3 aliphatic heterocycles. The Morgan fingerprint density at radius 1 is 1.46 bits per heavy atom. The molecule has 4 heterocycles. The largest absolute Gasteiger partial charge is 0.464 e. The van der Waals surface area contributed by atoms with Crippen molar-refractivity contribution in [2.75, 3.05) is 13.7 Å². The summed E-state index contributed by atoms with van der Waals surface area (Å²) in [5, 5.41) is 9.15. The maximum atomic E-state index is 12.0. The molecule has 0 aromatic carbocycles. The first-order chi connectivity index (χ1) is 11.4. The van der Waals surface area contributed by atoms with Gasteiger partial charge in [-0.15, -0.1) is 0 Å². The molecule has 0 radical (unpaired) electrons. The van der Waals surface area contributed by atoms with Crippen LogP contribution in [-0.4, -0.2) is 53.3 Å². The van der Waals surface area contributed by atoms with Gasteiger partial charge in [0.05, 0.1) is 25.3 Å². The van der Waals surface area contributed by atoms with Crippen molar-refractivity contribution in [2.24, 2.45) is 0 Å². The van der Waals surface area contributed by atoms with Crippen LogP contribution >= 0.6 is 0 Å². The van der Waals surface area contributed by atoms with Crippen molar-refractivity contribution in [1.82, 2.24) is 9.55 Å². The molecule has 0 N–H and O–H groups in total. The van der Waals surface area contributed by atoms with Gasteiger partial charge in [0.15, 0.2) is 17.7 Å². The summed E-state index contributed by atoms with van der Waals surface area (Å²) in [4.78, 5) is 16.2. The first kappa shape index (κ1) is 15.4. The van der Waals surface area contributed by atoms with Crippen LogP contribution in [0.4, 0.5) is 0 Å². The predicted octanol–water partition coefficient (Wildman–Crippen LogP) is 0.546. The number of nitriles is 1. The SMILES string of the molecule is COC(=O)c1nc2n(c1CC#N)[C@@H]1O[C@H](CO2)[C@H]2OC(C)(C)O[C@H]21. The Morgan fingerprint density at radius 3 is 2.92 bits per heavy atom. The third-order valence-corrected chi connectivity index (χ3v) is 4.36. The van der Waals surface area contributed by atoms with Crippen molar-refractivity contribution in [3.05, 3.63) is 11.4 Å². The number of aromatic nitrogens is 2. The van der Waals surface area contributed by atoms with E-state index in [1.165, 1.54) is 7.11 Å². The molecule has 1 aromatic heterocycles. The molecule has 3 aliphatic rings. The number of esters is 1. The van der Waals surface area contributed by atoms with Gasteiger partial charge in [-0.1, -0.05) is 0 Å². The maximum absolute atomic E-state index is 12.0. The molecule has 2 fully saturated rings. The number of hydrogen-bond acceptors (Lipinski definition) is 8. The molecule has 2 bridgehead atoms. The van der Waals surface area contributed by atoms with Crippen LogP contribution in [0.15, 0.2) is 0 Å². The average Bonchev–Trinajstić information content (AvgIpc) is 3.09. The number of rotatable bonds is 2. The van der Waals surface area contributed by atoms with Crippen LogP contribution < -0.4 is 4.74 Å². The molecular weight excluding hydrogens is 318 g/mol. The molecule has 4 rings (SSSR count). The zero-order valence-electron chi connectivity index (χ0n) is 13.5. The molecule has 128 valence electrons. The number of nitrogens with zero attached hydrogens (tertiary/aromatic N) is 3. The van der Waals surface area contributed by atoms with Gasteiger partial charge < -0.3 is 23.7 Å². The second-order valence-electron chi connectivity index (χ2n) is 6.33. The quantitative estimate of drug-likeness (QED) is 0.721. The van der Waals surface area contributed by atoms with Gasteiger partial charge >= 0.3 is 5.97 Å².